The summed E-state index contributed by atoms with van der Waals surface area (Å²) in [6.07, 6.45) is 0.0460. The van der Waals surface area contributed by atoms with Gasteiger partial charge in [-0.25, -0.2) is 4.39 Å². The van der Waals surface area contributed by atoms with Crippen LogP contribution in [0.15, 0.2) is 12.1 Å². The maximum Gasteiger partial charge on any atom is 0.128 e. The zero-order chi connectivity index (χ0) is 13.1. The number of hydrogen-bond acceptors (Lipinski definition) is 3. The fraction of sp³-hybridized carbons (Fsp3) is 0.571. The van der Waals surface area contributed by atoms with Crippen LogP contribution in [-0.2, 0) is 4.74 Å². The molecule has 1 saturated heterocycles. The van der Waals surface area contributed by atoms with Crippen molar-refractivity contribution in [1.82, 2.24) is 5.32 Å². The maximum absolute atomic E-state index is 14.2. The Morgan fingerprint density at radius 2 is 2.22 bits per heavy atom. The van der Waals surface area contributed by atoms with Crippen molar-refractivity contribution in [1.29, 1.82) is 0 Å². The van der Waals surface area contributed by atoms with E-state index in [1.807, 2.05) is 38.7 Å². The van der Waals surface area contributed by atoms with Crippen LogP contribution in [0.3, 0.4) is 0 Å². The minimum absolute atomic E-state index is 0.0460. The highest BCUT2D eigenvalue weighted by molar-refractivity contribution is 7.99. The molecule has 1 heterocycles. The van der Waals surface area contributed by atoms with Crippen molar-refractivity contribution in [3.8, 4) is 0 Å². The predicted molar refractivity (Wildman–Crippen MR) is 74.7 cm³/mol. The van der Waals surface area contributed by atoms with Crippen LogP contribution in [0.25, 0.3) is 0 Å². The van der Waals surface area contributed by atoms with Gasteiger partial charge < -0.3 is 10.1 Å². The third kappa shape index (κ3) is 2.87. The van der Waals surface area contributed by atoms with E-state index in [1.165, 1.54) is 0 Å². The molecule has 0 spiro atoms. The number of benzene rings is 1. The predicted octanol–water partition coefficient (Wildman–Crippen LogP) is 2.84. The molecule has 0 aromatic heterocycles. The molecule has 1 aromatic rings. The average Bonchev–Trinajstić information content (AvgIpc) is 2.34. The second-order valence-corrected chi connectivity index (χ2v) is 5.88. The first-order valence-corrected chi connectivity index (χ1v) is 7.42. The Labute approximate surface area is 112 Å². The van der Waals surface area contributed by atoms with Gasteiger partial charge >= 0.3 is 0 Å². The standard InChI is InChI=1S/C14H20FNOS/c1-9-6-10(2)13(11(15)7-9)14(16-3)12-8-18-5-4-17-12/h6-7,12,14,16H,4-5,8H2,1-3H3. The minimum atomic E-state index is -0.133. The zero-order valence-corrected chi connectivity index (χ0v) is 11.9. The third-order valence-corrected chi connectivity index (χ3v) is 4.34. The lowest BCUT2D eigenvalue weighted by Gasteiger charge is -2.31. The van der Waals surface area contributed by atoms with Crippen LogP contribution in [0.1, 0.15) is 22.7 Å². The Balaban J connectivity index is 2.32. The summed E-state index contributed by atoms with van der Waals surface area (Å²) in [5.74, 6) is 1.81. The molecule has 1 aliphatic rings. The summed E-state index contributed by atoms with van der Waals surface area (Å²) in [5, 5.41) is 3.21. The second-order valence-electron chi connectivity index (χ2n) is 4.73. The summed E-state index contributed by atoms with van der Waals surface area (Å²) in [4.78, 5) is 0. The molecule has 0 saturated carbocycles. The van der Waals surface area contributed by atoms with Gasteiger partial charge in [-0.15, -0.1) is 0 Å². The van der Waals surface area contributed by atoms with Gasteiger partial charge in [-0.2, -0.15) is 11.8 Å². The molecule has 2 atom stereocenters. The molecule has 0 radical (unpaired) electrons. The summed E-state index contributed by atoms with van der Waals surface area (Å²) < 4.78 is 20.0. The van der Waals surface area contributed by atoms with Crippen LogP contribution in [-0.4, -0.2) is 31.3 Å². The van der Waals surface area contributed by atoms with Crippen molar-refractivity contribution in [2.75, 3.05) is 25.2 Å². The van der Waals surface area contributed by atoms with Crippen molar-refractivity contribution in [2.45, 2.75) is 26.0 Å². The van der Waals surface area contributed by atoms with Crippen molar-refractivity contribution < 1.29 is 9.13 Å². The van der Waals surface area contributed by atoms with Gasteiger partial charge in [0.25, 0.3) is 0 Å². The third-order valence-electron chi connectivity index (χ3n) is 3.32. The molecule has 4 heteroatoms. The van der Waals surface area contributed by atoms with Gasteiger partial charge in [-0.05, 0) is 38.1 Å². The van der Waals surface area contributed by atoms with Crippen LogP contribution in [0.2, 0.25) is 0 Å². The Kier molecular flexibility index (Phi) is 4.65. The normalized spacial score (nSPS) is 21.9. The molecule has 1 aromatic carbocycles. The van der Waals surface area contributed by atoms with E-state index in [4.69, 9.17) is 4.74 Å². The highest BCUT2D eigenvalue weighted by Crippen LogP contribution is 2.29. The summed E-state index contributed by atoms with van der Waals surface area (Å²) in [7, 11) is 1.87. The van der Waals surface area contributed by atoms with E-state index < -0.39 is 0 Å². The lowest BCUT2D eigenvalue weighted by Crippen LogP contribution is -2.37. The van der Waals surface area contributed by atoms with E-state index >= 15 is 0 Å². The molecule has 0 amide bonds. The Morgan fingerprint density at radius 3 is 2.78 bits per heavy atom. The van der Waals surface area contributed by atoms with Crippen LogP contribution in [0.4, 0.5) is 4.39 Å². The van der Waals surface area contributed by atoms with Gasteiger partial charge in [0.05, 0.1) is 18.8 Å². The first-order valence-electron chi connectivity index (χ1n) is 6.26. The largest absolute Gasteiger partial charge is 0.375 e. The van der Waals surface area contributed by atoms with Crippen molar-refractivity contribution >= 4 is 11.8 Å². The van der Waals surface area contributed by atoms with Crippen molar-refractivity contribution in [3.05, 3.63) is 34.6 Å². The topological polar surface area (TPSA) is 21.3 Å². The minimum Gasteiger partial charge on any atom is -0.375 e. The number of halogens is 1. The van der Waals surface area contributed by atoms with Gasteiger partial charge in [0.1, 0.15) is 5.82 Å². The summed E-state index contributed by atoms with van der Waals surface area (Å²) in [6.45, 7) is 4.63. The van der Waals surface area contributed by atoms with Gasteiger partial charge in [-0.1, -0.05) is 6.07 Å². The fourth-order valence-corrected chi connectivity index (χ4v) is 3.44. The quantitative estimate of drug-likeness (QED) is 0.911. The maximum atomic E-state index is 14.2. The van der Waals surface area contributed by atoms with Crippen LogP contribution < -0.4 is 5.32 Å². The zero-order valence-electron chi connectivity index (χ0n) is 11.1. The molecule has 2 unspecified atom stereocenters. The van der Waals surface area contributed by atoms with Gasteiger partial charge in [0.15, 0.2) is 0 Å². The van der Waals surface area contributed by atoms with Crippen LogP contribution in [0.5, 0.6) is 0 Å². The Bertz CT molecular complexity index is 395. The van der Waals surface area contributed by atoms with Crippen LogP contribution >= 0.6 is 11.8 Å². The monoisotopic (exact) mass is 269 g/mol. The Hall–Kier alpha value is -0.580. The van der Waals surface area contributed by atoms with Crippen molar-refractivity contribution in [2.24, 2.45) is 0 Å². The van der Waals surface area contributed by atoms with Gasteiger partial charge in [-0.3, -0.25) is 0 Å². The van der Waals surface area contributed by atoms with Gasteiger partial charge in [0, 0.05) is 17.1 Å². The van der Waals surface area contributed by atoms with E-state index in [9.17, 15) is 4.39 Å². The number of likely N-dealkylation sites (N-methyl/N-ethyl adjacent to an activating group) is 1. The molecule has 100 valence electrons. The molecule has 2 nitrogen and oxygen atoms in total. The number of nitrogens with one attached hydrogen (secondary N) is 1. The molecule has 1 N–H and O–H groups in total. The molecular formula is C14H20FNOS. The Morgan fingerprint density at radius 1 is 1.44 bits per heavy atom. The molecule has 1 fully saturated rings. The van der Waals surface area contributed by atoms with Gasteiger partial charge in [0.2, 0.25) is 0 Å². The van der Waals surface area contributed by atoms with E-state index in [2.05, 4.69) is 5.32 Å². The molecule has 0 bridgehead atoms. The number of rotatable bonds is 3. The first kappa shape index (κ1) is 13.8. The highest BCUT2D eigenvalue weighted by atomic mass is 32.2. The highest BCUT2D eigenvalue weighted by Gasteiger charge is 2.28. The smallest absolute Gasteiger partial charge is 0.128 e. The van der Waals surface area contributed by atoms with E-state index in [0.717, 1.165) is 34.8 Å². The summed E-state index contributed by atoms with van der Waals surface area (Å²) >= 11 is 1.87. The summed E-state index contributed by atoms with van der Waals surface area (Å²) in [5.41, 5.74) is 2.70. The van der Waals surface area contributed by atoms with E-state index in [0.29, 0.717) is 0 Å². The number of ether oxygens (including phenoxy) is 1. The molecule has 0 aliphatic carbocycles. The fourth-order valence-electron chi connectivity index (χ4n) is 2.54. The molecule has 1 aliphatic heterocycles. The molecule has 18 heavy (non-hydrogen) atoms. The lowest BCUT2D eigenvalue weighted by atomic mass is 9.95. The second kappa shape index (κ2) is 6.04. The number of aryl methyl sites for hydroxylation is 2. The lowest BCUT2D eigenvalue weighted by molar-refractivity contribution is 0.0477. The molecular weight excluding hydrogens is 249 g/mol. The average molecular weight is 269 g/mol. The SMILES string of the molecule is CNC(c1c(C)cc(C)cc1F)C1CSCCO1. The van der Waals surface area contributed by atoms with E-state index in [-0.39, 0.29) is 18.0 Å². The van der Waals surface area contributed by atoms with E-state index in [1.54, 1.807) is 6.07 Å². The number of thioether (sulfide) groups is 1. The first-order chi connectivity index (χ1) is 8.63. The van der Waals surface area contributed by atoms with Crippen LogP contribution in [0, 0.1) is 19.7 Å². The summed E-state index contributed by atoms with van der Waals surface area (Å²) in [6, 6.07) is 3.56. The number of hydrogen-bond donors (Lipinski definition) is 1. The van der Waals surface area contributed by atoms with Crippen molar-refractivity contribution in [3.63, 3.8) is 0 Å². The molecule has 2 rings (SSSR count).